The van der Waals surface area contributed by atoms with Crippen molar-refractivity contribution in [2.75, 3.05) is 39.3 Å². The molecule has 1 saturated heterocycles. The molecule has 1 fully saturated rings. The molecule has 116 valence electrons. The lowest BCUT2D eigenvalue weighted by molar-refractivity contribution is 0.313. The van der Waals surface area contributed by atoms with Crippen molar-refractivity contribution in [1.29, 1.82) is 0 Å². The van der Waals surface area contributed by atoms with Gasteiger partial charge in [-0.25, -0.2) is 4.99 Å². The maximum Gasteiger partial charge on any atom is 0.197 e. The maximum atomic E-state index is 4.99. The van der Waals surface area contributed by atoms with E-state index < -0.39 is 0 Å². The van der Waals surface area contributed by atoms with Gasteiger partial charge in [-0.1, -0.05) is 12.0 Å². The normalized spacial score (nSPS) is 21.3. The van der Waals surface area contributed by atoms with E-state index in [0.29, 0.717) is 6.04 Å². The molecular formula is C17H23N5. The van der Waals surface area contributed by atoms with Gasteiger partial charge in [-0.2, -0.15) is 0 Å². The smallest absolute Gasteiger partial charge is 0.197 e. The van der Waals surface area contributed by atoms with Crippen molar-refractivity contribution >= 4 is 5.96 Å². The van der Waals surface area contributed by atoms with Gasteiger partial charge >= 0.3 is 0 Å². The predicted molar refractivity (Wildman–Crippen MR) is 88.6 cm³/mol. The van der Waals surface area contributed by atoms with E-state index in [1.54, 1.807) is 0 Å². The molecule has 5 nitrogen and oxygen atoms in total. The summed E-state index contributed by atoms with van der Waals surface area (Å²) in [5.74, 6) is 7.30. The van der Waals surface area contributed by atoms with Crippen LogP contribution in [0.5, 0.6) is 0 Å². The van der Waals surface area contributed by atoms with Gasteiger partial charge in [-0.05, 0) is 25.0 Å². The third-order valence-corrected chi connectivity index (χ3v) is 4.05. The molecule has 22 heavy (non-hydrogen) atoms. The zero-order valence-electron chi connectivity index (χ0n) is 13.1. The lowest BCUT2D eigenvalue weighted by Crippen LogP contribution is -2.51. The Balaban J connectivity index is 1.72. The van der Waals surface area contributed by atoms with Crippen molar-refractivity contribution in [2.45, 2.75) is 19.4 Å². The zero-order valence-corrected chi connectivity index (χ0v) is 13.1. The first kappa shape index (κ1) is 14.9. The molecule has 3 rings (SSSR count). The Morgan fingerprint density at radius 3 is 2.95 bits per heavy atom. The average molecular weight is 297 g/mol. The van der Waals surface area contributed by atoms with Crippen LogP contribution in [-0.4, -0.2) is 66.1 Å². The molecule has 5 heteroatoms. The number of hydrogen-bond acceptors (Lipinski definition) is 5. The Hall–Kier alpha value is -2.06. The Kier molecular flexibility index (Phi) is 4.92. The topological polar surface area (TPSA) is 43.8 Å². The molecule has 0 bridgehead atoms. The summed E-state index contributed by atoms with van der Waals surface area (Å²) < 4.78 is 0. The molecule has 1 atom stereocenters. The van der Waals surface area contributed by atoms with Gasteiger partial charge in [-0.3, -0.25) is 4.98 Å². The summed E-state index contributed by atoms with van der Waals surface area (Å²) in [5.41, 5.74) is 1.25. The molecule has 1 N–H and O–H groups in total. The number of pyridine rings is 1. The summed E-state index contributed by atoms with van der Waals surface area (Å²) in [4.78, 5) is 13.9. The zero-order chi connectivity index (χ0) is 15.2. The van der Waals surface area contributed by atoms with Crippen LogP contribution in [0.15, 0.2) is 29.5 Å². The second-order valence-electron chi connectivity index (χ2n) is 5.69. The molecule has 2 aliphatic heterocycles. The number of rotatable bonds is 3. The molecule has 3 heterocycles. The van der Waals surface area contributed by atoms with E-state index in [2.05, 4.69) is 38.0 Å². The number of aromatic nitrogens is 1. The Morgan fingerprint density at radius 1 is 1.36 bits per heavy atom. The van der Waals surface area contributed by atoms with Crippen LogP contribution in [0.1, 0.15) is 12.5 Å². The molecule has 0 aromatic carbocycles. The fourth-order valence-corrected chi connectivity index (χ4v) is 2.98. The highest BCUT2D eigenvalue weighted by atomic mass is 15.4. The van der Waals surface area contributed by atoms with Crippen LogP contribution in [0, 0.1) is 11.8 Å². The number of aliphatic imine (C=N–C) groups is 1. The average Bonchev–Trinajstić information content (AvgIpc) is 2.97. The molecule has 2 aliphatic rings. The highest BCUT2D eigenvalue weighted by molar-refractivity contribution is 5.82. The van der Waals surface area contributed by atoms with E-state index in [1.807, 2.05) is 25.4 Å². The van der Waals surface area contributed by atoms with Crippen LogP contribution in [-0.2, 0) is 6.42 Å². The van der Waals surface area contributed by atoms with Crippen LogP contribution in [0.25, 0.3) is 0 Å². The fraction of sp³-hybridized carbons (Fsp3) is 0.529. The van der Waals surface area contributed by atoms with Gasteiger partial charge in [0, 0.05) is 45.1 Å². The molecule has 1 aromatic heterocycles. The number of hydrogen-bond donors (Lipinski definition) is 1. The second-order valence-corrected chi connectivity index (χ2v) is 5.69. The molecule has 0 radical (unpaired) electrons. The number of nitrogens with zero attached hydrogens (tertiary/aromatic N) is 4. The monoisotopic (exact) mass is 297 g/mol. The van der Waals surface area contributed by atoms with E-state index in [0.717, 1.165) is 51.6 Å². The molecule has 0 aliphatic carbocycles. The maximum absolute atomic E-state index is 4.99. The summed E-state index contributed by atoms with van der Waals surface area (Å²) in [6.07, 6.45) is 4.70. The molecule has 0 spiro atoms. The molecule has 1 unspecified atom stereocenters. The van der Waals surface area contributed by atoms with Crippen molar-refractivity contribution < 1.29 is 0 Å². The molecule has 1 aromatic rings. The lowest BCUT2D eigenvalue weighted by atomic mass is 10.1. The van der Waals surface area contributed by atoms with Crippen molar-refractivity contribution in [3.63, 3.8) is 0 Å². The quantitative estimate of drug-likeness (QED) is 0.830. The minimum atomic E-state index is 0.299. The largest absolute Gasteiger partial charge is 0.340 e. The first-order valence-corrected chi connectivity index (χ1v) is 7.94. The number of nitrogens with one attached hydrogen (secondary N) is 1. The Bertz CT molecular complexity index is 566. The van der Waals surface area contributed by atoms with Crippen LogP contribution >= 0.6 is 0 Å². The van der Waals surface area contributed by atoms with E-state index >= 15 is 0 Å². The van der Waals surface area contributed by atoms with Gasteiger partial charge in [0.1, 0.15) is 0 Å². The van der Waals surface area contributed by atoms with Gasteiger partial charge in [0.25, 0.3) is 0 Å². The van der Waals surface area contributed by atoms with E-state index in [-0.39, 0.29) is 0 Å². The minimum absolute atomic E-state index is 0.299. The van der Waals surface area contributed by atoms with Crippen molar-refractivity contribution in [1.82, 2.24) is 20.1 Å². The van der Waals surface area contributed by atoms with Gasteiger partial charge < -0.3 is 15.1 Å². The van der Waals surface area contributed by atoms with Gasteiger partial charge in [0.15, 0.2) is 5.96 Å². The summed E-state index contributed by atoms with van der Waals surface area (Å²) >= 11 is 0. The highest BCUT2D eigenvalue weighted by Gasteiger charge is 2.29. The minimum Gasteiger partial charge on any atom is -0.340 e. The second kappa shape index (κ2) is 7.28. The Labute approximate surface area is 132 Å². The lowest BCUT2D eigenvalue weighted by Gasteiger charge is -2.33. The summed E-state index contributed by atoms with van der Waals surface area (Å²) in [6, 6.07) is 4.42. The van der Waals surface area contributed by atoms with E-state index in [1.165, 1.54) is 5.56 Å². The predicted octanol–water partition coefficient (Wildman–Crippen LogP) is 0.593. The van der Waals surface area contributed by atoms with Crippen LogP contribution < -0.4 is 5.32 Å². The highest BCUT2D eigenvalue weighted by Crippen LogP contribution is 2.16. The Morgan fingerprint density at radius 2 is 2.23 bits per heavy atom. The molecular weight excluding hydrogens is 274 g/mol. The summed E-state index contributed by atoms with van der Waals surface area (Å²) in [6.45, 7) is 7.71. The molecule has 0 saturated carbocycles. The SMILES string of the molecule is CC#CCN1CC(Cc2cccnc2)N=C1N1CCNCC1. The van der Waals surface area contributed by atoms with Gasteiger partial charge in [-0.15, -0.1) is 5.92 Å². The van der Waals surface area contributed by atoms with Crippen LogP contribution in [0.3, 0.4) is 0 Å². The van der Waals surface area contributed by atoms with E-state index in [9.17, 15) is 0 Å². The third-order valence-electron chi connectivity index (χ3n) is 4.05. The van der Waals surface area contributed by atoms with Crippen molar-refractivity contribution in [3.8, 4) is 11.8 Å². The fourth-order valence-electron chi connectivity index (χ4n) is 2.98. The first-order valence-electron chi connectivity index (χ1n) is 7.94. The van der Waals surface area contributed by atoms with Gasteiger partial charge in [0.2, 0.25) is 0 Å². The van der Waals surface area contributed by atoms with Crippen molar-refractivity contribution in [3.05, 3.63) is 30.1 Å². The van der Waals surface area contributed by atoms with E-state index in [4.69, 9.17) is 4.99 Å². The first-order chi connectivity index (χ1) is 10.9. The third kappa shape index (κ3) is 3.58. The molecule has 0 amide bonds. The number of piperazine rings is 1. The summed E-state index contributed by atoms with van der Waals surface area (Å²) in [5, 5.41) is 3.40. The van der Waals surface area contributed by atoms with Crippen LogP contribution in [0.4, 0.5) is 0 Å². The van der Waals surface area contributed by atoms with Crippen LogP contribution in [0.2, 0.25) is 0 Å². The standard InChI is InChI=1S/C17H23N5/c1-2-3-9-22-14-16(12-15-5-4-6-19-13-15)20-17(22)21-10-7-18-8-11-21/h4-6,13,16,18H,7-12,14H2,1H3. The number of guanidine groups is 1. The van der Waals surface area contributed by atoms with Crippen molar-refractivity contribution in [2.24, 2.45) is 4.99 Å². The summed E-state index contributed by atoms with van der Waals surface area (Å²) in [7, 11) is 0. The van der Waals surface area contributed by atoms with Gasteiger partial charge in [0.05, 0.1) is 12.6 Å².